The quantitative estimate of drug-likeness (QED) is 0.313. The van der Waals surface area contributed by atoms with E-state index in [0.29, 0.717) is 0 Å². The fourth-order valence-corrected chi connectivity index (χ4v) is 3.04. The van der Waals surface area contributed by atoms with Gasteiger partial charge in [-0.2, -0.15) is 0 Å². The monoisotopic (exact) mass is 279 g/mol. The van der Waals surface area contributed by atoms with E-state index >= 15 is 0 Å². The highest BCUT2D eigenvalue weighted by Gasteiger charge is 2.05. The van der Waals surface area contributed by atoms with E-state index in [4.69, 9.17) is 11.6 Å². The molecule has 0 aliphatic carbocycles. The molecule has 0 fully saturated rings. The van der Waals surface area contributed by atoms with Crippen molar-refractivity contribution >= 4 is 43.9 Å². The molecule has 0 heterocycles. The first-order valence-corrected chi connectivity index (χ1v) is 6.70. The summed E-state index contributed by atoms with van der Waals surface area (Å²) in [6, 6.07) is 23.3. The Morgan fingerprint density at radius 2 is 1.25 bits per heavy atom. The largest absolute Gasteiger partial charge is 0.344 e. The summed E-state index contributed by atoms with van der Waals surface area (Å²) >= 11 is 6.39. The molecule has 0 bridgehead atoms. The standard InChI is InChI=1S/C18H11Cl.H3N/c19-17-7-3-6-12-8-9-15-10-13-4-1-2-5-14(13)11-16(15)18(12)17;/h1-11H;1H3. The molecule has 0 spiro atoms. The summed E-state index contributed by atoms with van der Waals surface area (Å²) in [5.74, 6) is 0. The first-order chi connectivity index (χ1) is 9.33. The van der Waals surface area contributed by atoms with Crippen molar-refractivity contribution in [2.24, 2.45) is 0 Å². The van der Waals surface area contributed by atoms with Crippen LogP contribution in [0.2, 0.25) is 5.02 Å². The van der Waals surface area contributed by atoms with Crippen molar-refractivity contribution in [3.63, 3.8) is 0 Å². The van der Waals surface area contributed by atoms with E-state index in [2.05, 4.69) is 54.6 Å². The second-order valence-electron chi connectivity index (χ2n) is 4.82. The van der Waals surface area contributed by atoms with Crippen LogP contribution < -0.4 is 6.15 Å². The molecule has 98 valence electrons. The minimum Gasteiger partial charge on any atom is -0.344 e. The van der Waals surface area contributed by atoms with Gasteiger partial charge in [0.25, 0.3) is 0 Å². The molecule has 0 atom stereocenters. The molecule has 0 aromatic heterocycles. The minimum absolute atomic E-state index is 0. The zero-order chi connectivity index (χ0) is 12.8. The second-order valence-corrected chi connectivity index (χ2v) is 5.23. The summed E-state index contributed by atoms with van der Waals surface area (Å²) in [5, 5.41) is 8.13. The van der Waals surface area contributed by atoms with Crippen LogP contribution in [0.25, 0.3) is 32.3 Å². The maximum Gasteiger partial charge on any atom is 0.0490 e. The van der Waals surface area contributed by atoms with Crippen molar-refractivity contribution in [2.75, 3.05) is 0 Å². The molecule has 3 N–H and O–H groups in total. The Bertz CT molecular complexity index is 928. The van der Waals surface area contributed by atoms with Gasteiger partial charge >= 0.3 is 0 Å². The van der Waals surface area contributed by atoms with Gasteiger partial charge in [0.05, 0.1) is 0 Å². The average Bonchev–Trinajstić information content (AvgIpc) is 2.45. The lowest BCUT2D eigenvalue weighted by atomic mass is 9.98. The van der Waals surface area contributed by atoms with Crippen molar-refractivity contribution in [3.8, 4) is 0 Å². The highest BCUT2D eigenvalue weighted by Crippen LogP contribution is 2.33. The SMILES string of the molecule is Clc1cccc2ccc3cc4ccccc4cc3c12.N. The Hall–Kier alpha value is -2.09. The molecule has 0 saturated carbocycles. The molecular weight excluding hydrogens is 266 g/mol. The molecule has 1 nitrogen and oxygen atoms in total. The van der Waals surface area contributed by atoms with Gasteiger partial charge in [0.2, 0.25) is 0 Å². The first kappa shape index (κ1) is 12.9. The normalized spacial score (nSPS) is 10.8. The van der Waals surface area contributed by atoms with Gasteiger partial charge in [-0.3, -0.25) is 0 Å². The second kappa shape index (κ2) is 4.78. The van der Waals surface area contributed by atoms with Gasteiger partial charge in [-0.25, -0.2) is 0 Å². The number of halogens is 1. The predicted octanol–water partition coefficient (Wildman–Crippen LogP) is 5.96. The van der Waals surface area contributed by atoms with Crippen LogP contribution in [-0.2, 0) is 0 Å². The van der Waals surface area contributed by atoms with Gasteiger partial charge in [-0.05, 0) is 45.1 Å². The summed E-state index contributed by atoms with van der Waals surface area (Å²) in [7, 11) is 0. The van der Waals surface area contributed by atoms with E-state index in [-0.39, 0.29) is 6.15 Å². The van der Waals surface area contributed by atoms with Gasteiger partial charge in [0, 0.05) is 10.4 Å². The molecule has 0 unspecified atom stereocenters. The smallest absolute Gasteiger partial charge is 0.0490 e. The molecule has 0 aliphatic rings. The van der Waals surface area contributed by atoms with Gasteiger partial charge in [0.1, 0.15) is 0 Å². The maximum atomic E-state index is 6.39. The van der Waals surface area contributed by atoms with Gasteiger partial charge in [-0.15, -0.1) is 0 Å². The highest BCUT2D eigenvalue weighted by molar-refractivity contribution is 6.38. The fraction of sp³-hybridized carbons (Fsp3) is 0. The van der Waals surface area contributed by atoms with Gasteiger partial charge in [-0.1, -0.05) is 60.1 Å². The Morgan fingerprint density at radius 1 is 0.600 bits per heavy atom. The van der Waals surface area contributed by atoms with Crippen LogP contribution in [0, 0.1) is 0 Å². The van der Waals surface area contributed by atoms with Crippen molar-refractivity contribution < 1.29 is 0 Å². The number of hydrogen-bond acceptors (Lipinski definition) is 1. The molecule has 4 rings (SSSR count). The molecular formula is C18H14ClN. The van der Waals surface area contributed by atoms with Crippen LogP contribution in [-0.4, -0.2) is 0 Å². The lowest BCUT2D eigenvalue weighted by Crippen LogP contribution is -1.80. The summed E-state index contributed by atoms with van der Waals surface area (Å²) in [6.45, 7) is 0. The number of fused-ring (bicyclic) bond motifs is 4. The lowest BCUT2D eigenvalue weighted by molar-refractivity contribution is 1.77. The van der Waals surface area contributed by atoms with E-state index < -0.39 is 0 Å². The van der Waals surface area contributed by atoms with E-state index in [0.717, 1.165) is 10.4 Å². The Kier molecular flexibility index (Phi) is 3.09. The van der Waals surface area contributed by atoms with Crippen LogP contribution >= 0.6 is 11.6 Å². The van der Waals surface area contributed by atoms with Gasteiger partial charge in [0.15, 0.2) is 0 Å². The molecule has 0 saturated heterocycles. The van der Waals surface area contributed by atoms with Gasteiger partial charge < -0.3 is 6.15 Å². The molecule has 2 heteroatoms. The summed E-state index contributed by atoms with van der Waals surface area (Å²) in [6.07, 6.45) is 0. The van der Waals surface area contributed by atoms with Crippen molar-refractivity contribution in [3.05, 3.63) is 71.8 Å². The third-order valence-electron chi connectivity index (χ3n) is 3.68. The minimum atomic E-state index is 0. The van der Waals surface area contributed by atoms with Crippen LogP contribution in [0.15, 0.2) is 66.7 Å². The highest BCUT2D eigenvalue weighted by atomic mass is 35.5. The average molecular weight is 280 g/mol. The fourth-order valence-electron chi connectivity index (χ4n) is 2.76. The number of benzene rings is 4. The molecule has 4 aromatic carbocycles. The number of rotatable bonds is 0. The molecule has 0 amide bonds. The Balaban J connectivity index is 0.00000121. The van der Waals surface area contributed by atoms with Crippen molar-refractivity contribution in [1.29, 1.82) is 0 Å². The van der Waals surface area contributed by atoms with Crippen LogP contribution in [0.1, 0.15) is 0 Å². The van der Waals surface area contributed by atoms with Crippen LogP contribution in [0.5, 0.6) is 0 Å². The molecule has 0 aliphatic heterocycles. The number of hydrogen-bond donors (Lipinski definition) is 1. The van der Waals surface area contributed by atoms with Crippen LogP contribution in [0.4, 0.5) is 0 Å². The summed E-state index contributed by atoms with van der Waals surface area (Å²) < 4.78 is 0. The predicted molar refractivity (Wildman–Crippen MR) is 89.0 cm³/mol. The molecule has 4 aromatic rings. The van der Waals surface area contributed by atoms with Crippen molar-refractivity contribution in [2.45, 2.75) is 0 Å². The maximum absolute atomic E-state index is 6.39. The topological polar surface area (TPSA) is 35.0 Å². The zero-order valence-corrected chi connectivity index (χ0v) is 11.7. The zero-order valence-electron chi connectivity index (χ0n) is 10.9. The van der Waals surface area contributed by atoms with Crippen molar-refractivity contribution in [1.82, 2.24) is 6.15 Å². The third-order valence-corrected chi connectivity index (χ3v) is 3.99. The molecule has 20 heavy (non-hydrogen) atoms. The Morgan fingerprint density at radius 3 is 2.05 bits per heavy atom. The van der Waals surface area contributed by atoms with E-state index in [1.165, 1.54) is 26.9 Å². The molecule has 0 radical (unpaired) electrons. The van der Waals surface area contributed by atoms with Crippen LogP contribution in [0.3, 0.4) is 0 Å². The first-order valence-electron chi connectivity index (χ1n) is 6.33. The third kappa shape index (κ3) is 1.83. The Labute approximate surface area is 122 Å². The lowest BCUT2D eigenvalue weighted by Gasteiger charge is -2.07. The van der Waals surface area contributed by atoms with E-state index in [1.54, 1.807) is 0 Å². The van der Waals surface area contributed by atoms with E-state index in [9.17, 15) is 0 Å². The summed E-state index contributed by atoms with van der Waals surface area (Å²) in [5.41, 5.74) is 0. The summed E-state index contributed by atoms with van der Waals surface area (Å²) in [4.78, 5) is 0. The van der Waals surface area contributed by atoms with E-state index in [1.807, 2.05) is 12.1 Å².